The van der Waals surface area contributed by atoms with Crippen LogP contribution >= 0.6 is 0 Å². The zero-order valence-electron chi connectivity index (χ0n) is 13.5. The number of amides is 1. The molecule has 1 amide bonds. The fraction of sp³-hybridized carbons (Fsp3) is 0.529. The largest absolute Gasteiger partial charge is 0.372 e. The lowest BCUT2D eigenvalue weighted by molar-refractivity contribution is -0.143. The number of rotatable bonds is 3. The third-order valence-electron chi connectivity index (χ3n) is 4.15. The van der Waals surface area contributed by atoms with Gasteiger partial charge < -0.3 is 9.64 Å². The molecule has 5 nitrogen and oxygen atoms in total. The number of hydrogen-bond donors (Lipinski definition) is 0. The number of aromatic nitrogens is 2. The molecule has 0 spiro atoms. The number of ether oxygens (including phenoxy) is 1. The molecule has 1 saturated heterocycles. The number of carbonyl (C=O) groups is 1. The Bertz CT molecular complexity index is 670. The second-order valence-corrected chi connectivity index (χ2v) is 6.13. The van der Waals surface area contributed by atoms with Crippen LogP contribution in [0, 0.1) is 6.92 Å². The van der Waals surface area contributed by atoms with Gasteiger partial charge in [0.1, 0.15) is 0 Å². The molecule has 0 unspecified atom stereocenters. The van der Waals surface area contributed by atoms with Gasteiger partial charge in [0.05, 0.1) is 30.0 Å². The molecule has 2 heterocycles. The van der Waals surface area contributed by atoms with Crippen molar-refractivity contribution in [2.75, 3.05) is 13.1 Å². The first-order valence-electron chi connectivity index (χ1n) is 7.90. The van der Waals surface area contributed by atoms with Gasteiger partial charge in [0.2, 0.25) is 5.91 Å². The molecule has 1 aromatic heterocycles. The first kappa shape index (κ1) is 15.0. The van der Waals surface area contributed by atoms with Gasteiger partial charge in [0, 0.05) is 24.9 Å². The van der Waals surface area contributed by atoms with E-state index < -0.39 is 0 Å². The summed E-state index contributed by atoms with van der Waals surface area (Å²) in [6.45, 7) is 8.02. The second kappa shape index (κ2) is 6.08. The van der Waals surface area contributed by atoms with E-state index in [1.165, 1.54) is 0 Å². The van der Waals surface area contributed by atoms with Crippen LogP contribution in [0.15, 0.2) is 24.3 Å². The highest BCUT2D eigenvalue weighted by atomic mass is 16.5. The lowest BCUT2D eigenvalue weighted by atomic mass is 10.2. The molecule has 0 aliphatic carbocycles. The Morgan fingerprint density at radius 3 is 2.68 bits per heavy atom. The van der Waals surface area contributed by atoms with Gasteiger partial charge in [0.25, 0.3) is 0 Å². The molecule has 1 aromatic carbocycles. The summed E-state index contributed by atoms with van der Waals surface area (Å²) in [4.78, 5) is 14.3. The van der Waals surface area contributed by atoms with Crippen LogP contribution in [0.4, 0.5) is 0 Å². The van der Waals surface area contributed by atoms with Gasteiger partial charge in [-0.05, 0) is 26.8 Å². The van der Waals surface area contributed by atoms with Crippen molar-refractivity contribution < 1.29 is 9.53 Å². The van der Waals surface area contributed by atoms with Crippen LogP contribution < -0.4 is 0 Å². The molecule has 3 rings (SSSR count). The van der Waals surface area contributed by atoms with Gasteiger partial charge in [-0.3, -0.25) is 9.48 Å². The molecule has 0 N–H and O–H groups in total. The zero-order chi connectivity index (χ0) is 15.7. The van der Waals surface area contributed by atoms with Crippen molar-refractivity contribution in [1.82, 2.24) is 14.7 Å². The summed E-state index contributed by atoms with van der Waals surface area (Å²) in [5.41, 5.74) is 2.10. The van der Waals surface area contributed by atoms with E-state index in [1.54, 1.807) is 0 Å². The molecule has 118 valence electrons. The van der Waals surface area contributed by atoms with E-state index in [0.717, 1.165) is 16.6 Å². The molecule has 0 bridgehead atoms. The summed E-state index contributed by atoms with van der Waals surface area (Å²) in [6.07, 6.45) is 0.700. The Kier molecular flexibility index (Phi) is 4.16. The first-order valence-corrected chi connectivity index (χ1v) is 7.90. The molecular formula is C17H23N3O2. The predicted molar refractivity (Wildman–Crippen MR) is 85.7 cm³/mol. The molecule has 2 aromatic rings. The van der Waals surface area contributed by atoms with E-state index in [0.29, 0.717) is 26.1 Å². The highest BCUT2D eigenvalue weighted by Gasteiger charge is 2.25. The molecule has 5 heteroatoms. The van der Waals surface area contributed by atoms with Crippen LogP contribution in [0.1, 0.15) is 26.0 Å². The van der Waals surface area contributed by atoms with E-state index in [4.69, 9.17) is 4.74 Å². The molecule has 1 aliphatic heterocycles. The van der Waals surface area contributed by atoms with Crippen molar-refractivity contribution >= 4 is 16.8 Å². The molecule has 22 heavy (non-hydrogen) atoms. The maximum Gasteiger partial charge on any atom is 0.224 e. The number of benzene rings is 1. The third kappa shape index (κ3) is 2.99. The highest BCUT2D eigenvalue weighted by molar-refractivity contribution is 5.82. The topological polar surface area (TPSA) is 47.4 Å². The lowest BCUT2D eigenvalue weighted by Crippen LogP contribution is -2.48. The monoisotopic (exact) mass is 301 g/mol. The lowest BCUT2D eigenvalue weighted by Gasteiger charge is -2.35. The van der Waals surface area contributed by atoms with Gasteiger partial charge >= 0.3 is 0 Å². The van der Waals surface area contributed by atoms with Gasteiger partial charge in [-0.1, -0.05) is 18.2 Å². The first-order chi connectivity index (χ1) is 10.5. The van der Waals surface area contributed by atoms with Crippen molar-refractivity contribution in [2.45, 2.75) is 45.9 Å². The normalized spacial score (nSPS) is 22.2. The van der Waals surface area contributed by atoms with Crippen LogP contribution in [0.3, 0.4) is 0 Å². The number of para-hydroxylation sites is 1. The minimum atomic E-state index is 0.112. The highest BCUT2D eigenvalue weighted by Crippen LogP contribution is 2.18. The third-order valence-corrected chi connectivity index (χ3v) is 4.15. The number of hydrogen-bond acceptors (Lipinski definition) is 3. The Balaban J connectivity index is 1.67. The fourth-order valence-electron chi connectivity index (χ4n) is 3.21. The smallest absolute Gasteiger partial charge is 0.224 e. The van der Waals surface area contributed by atoms with Crippen LogP contribution in [0.25, 0.3) is 10.9 Å². The summed E-state index contributed by atoms with van der Waals surface area (Å²) in [5.74, 6) is 0.180. The van der Waals surface area contributed by atoms with Crippen molar-refractivity contribution in [2.24, 2.45) is 0 Å². The standard InChI is InChI=1S/C17H23N3O2/c1-12-10-19(11-13(2)22-12)17(21)8-9-20-16-7-5-4-6-15(16)14(3)18-20/h4-7,12-13H,8-11H2,1-3H3/t12-,13-/m1/s1. The number of morpholine rings is 1. The number of nitrogens with zero attached hydrogens (tertiary/aromatic N) is 3. The quantitative estimate of drug-likeness (QED) is 0.874. The Hall–Kier alpha value is -1.88. The summed E-state index contributed by atoms with van der Waals surface area (Å²) in [5, 5.41) is 5.71. The van der Waals surface area contributed by atoms with E-state index in [-0.39, 0.29) is 18.1 Å². The molecule has 2 atom stereocenters. The van der Waals surface area contributed by atoms with Gasteiger partial charge in [-0.15, -0.1) is 0 Å². The summed E-state index contributed by atoms with van der Waals surface area (Å²) >= 11 is 0. The van der Waals surface area contributed by atoms with E-state index in [9.17, 15) is 4.79 Å². The molecule has 0 saturated carbocycles. The number of carbonyl (C=O) groups excluding carboxylic acids is 1. The van der Waals surface area contributed by atoms with Crippen molar-refractivity contribution in [3.63, 3.8) is 0 Å². The number of aryl methyl sites for hydroxylation is 2. The van der Waals surface area contributed by atoms with Gasteiger partial charge in [-0.25, -0.2) is 0 Å². The van der Waals surface area contributed by atoms with Crippen LogP contribution in [0.5, 0.6) is 0 Å². The maximum atomic E-state index is 12.4. The van der Waals surface area contributed by atoms with Crippen molar-refractivity contribution in [3.8, 4) is 0 Å². The minimum Gasteiger partial charge on any atom is -0.372 e. The Morgan fingerprint density at radius 1 is 1.27 bits per heavy atom. The second-order valence-electron chi connectivity index (χ2n) is 6.13. The van der Waals surface area contributed by atoms with E-state index >= 15 is 0 Å². The SMILES string of the molecule is Cc1nn(CCC(=O)N2C[C@@H](C)O[C@H](C)C2)c2ccccc12. The van der Waals surface area contributed by atoms with Gasteiger partial charge in [0.15, 0.2) is 0 Å². The molecule has 1 fully saturated rings. The van der Waals surface area contributed by atoms with Crippen LogP contribution in [0.2, 0.25) is 0 Å². The van der Waals surface area contributed by atoms with Crippen LogP contribution in [-0.4, -0.2) is 45.9 Å². The average Bonchev–Trinajstić information content (AvgIpc) is 2.81. The van der Waals surface area contributed by atoms with E-state index in [1.807, 2.05) is 42.5 Å². The molecule has 1 aliphatic rings. The maximum absolute atomic E-state index is 12.4. The average molecular weight is 301 g/mol. The van der Waals surface area contributed by atoms with Crippen LogP contribution in [-0.2, 0) is 16.1 Å². The Morgan fingerprint density at radius 2 is 1.95 bits per heavy atom. The van der Waals surface area contributed by atoms with Gasteiger partial charge in [-0.2, -0.15) is 5.10 Å². The van der Waals surface area contributed by atoms with Crippen molar-refractivity contribution in [1.29, 1.82) is 0 Å². The van der Waals surface area contributed by atoms with Crippen molar-refractivity contribution in [3.05, 3.63) is 30.0 Å². The Labute approximate surface area is 130 Å². The predicted octanol–water partition coefficient (Wildman–Crippen LogP) is 2.37. The summed E-state index contributed by atoms with van der Waals surface area (Å²) in [6, 6.07) is 8.15. The zero-order valence-corrected chi connectivity index (χ0v) is 13.5. The molecule has 0 radical (unpaired) electrons. The van der Waals surface area contributed by atoms with E-state index in [2.05, 4.69) is 17.2 Å². The summed E-state index contributed by atoms with van der Waals surface area (Å²) in [7, 11) is 0. The minimum absolute atomic E-state index is 0.112. The summed E-state index contributed by atoms with van der Waals surface area (Å²) < 4.78 is 7.62. The fourth-order valence-corrected chi connectivity index (χ4v) is 3.21. The molecular weight excluding hydrogens is 278 g/mol. The number of fused-ring (bicyclic) bond motifs is 1.